The highest BCUT2D eigenvalue weighted by Gasteiger charge is 2.19. The second-order valence-electron chi connectivity index (χ2n) is 5.92. The molecule has 2 aromatic carbocycles. The molecule has 2 rings (SSSR count). The van der Waals surface area contributed by atoms with Crippen LogP contribution in [0.25, 0.3) is 0 Å². The van der Waals surface area contributed by atoms with E-state index >= 15 is 0 Å². The van der Waals surface area contributed by atoms with Crippen LogP contribution in [-0.4, -0.2) is 29.3 Å². The maximum atomic E-state index is 14.2. The molecule has 0 atom stereocenters. The number of halogens is 2. The third-order valence-corrected chi connectivity index (χ3v) is 4.57. The summed E-state index contributed by atoms with van der Waals surface area (Å²) in [5.74, 6) is -3.00. The molecular weight excluding hydrogens is 402 g/mol. The summed E-state index contributed by atoms with van der Waals surface area (Å²) >= 11 is 0. The highest BCUT2D eigenvalue weighted by atomic mass is 32.2. The Bertz CT molecular complexity index is 966. The van der Waals surface area contributed by atoms with Crippen LogP contribution in [0, 0.1) is 11.6 Å². The van der Waals surface area contributed by atoms with Gasteiger partial charge in [-0.2, -0.15) is 16.8 Å². The third-order valence-electron chi connectivity index (χ3n) is 3.61. The molecule has 0 heterocycles. The van der Waals surface area contributed by atoms with Gasteiger partial charge in [-0.15, -0.1) is 0 Å². The number of benzene rings is 2. The van der Waals surface area contributed by atoms with Crippen LogP contribution in [-0.2, 0) is 20.2 Å². The van der Waals surface area contributed by atoms with Crippen molar-refractivity contribution in [1.82, 2.24) is 0 Å². The zero-order valence-corrected chi connectivity index (χ0v) is 16.4. The zero-order valence-electron chi connectivity index (χ0n) is 14.8. The minimum atomic E-state index is -3.87. The van der Waals surface area contributed by atoms with Crippen molar-refractivity contribution in [3.05, 3.63) is 59.2 Å². The average molecular weight is 420 g/mol. The summed E-state index contributed by atoms with van der Waals surface area (Å²) in [5.41, 5.74) is 0.957. The largest absolute Gasteiger partial charge is 0.379 e. The van der Waals surface area contributed by atoms with Crippen molar-refractivity contribution in [2.45, 2.75) is 19.3 Å². The van der Waals surface area contributed by atoms with E-state index < -0.39 is 49.3 Å². The predicted molar refractivity (Wildman–Crippen MR) is 95.9 cm³/mol. The Morgan fingerprint density at radius 3 is 1.44 bits per heavy atom. The zero-order chi connectivity index (χ0) is 20.4. The highest BCUT2D eigenvalue weighted by molar-refractivity contribution is 7.86. The lowest BCUT2D eigenvalue weighted by Crippen LogP contribution is -2.09. The molecule has 0 aliphatic heterocycles. The topological polar surface area (TPSA) is 86.7 Å². The Morgan fingerprint density at radius 1 is 0.815 bits per heavy atom. The maximum absolute atomic E-state index is 14.2. The molecule has 0 saturated heterocycles. The molecule has 2 aromatic rings. The van der Waals surface area contributed by atoms with Gasteiger partial charge < -0.3 is 8.37 Å². The third kappa shape index (κ3) is 5.90. The summed E-state index contributed by atoms with van der Waals surface area (Å²) in [6.45, 7) is 1.81. The second-order valence-corrected chi connectivity index (χ2v) is 9.07. The van der Waals surface area contributed by atoms with Crippen LogP contribution in [0.5, 0.6) is 11.5 Å². The summed E-state index contributed by atoms with van der Waals surface area (Å²) in [4.78, 5) is 0. The lowest BCUT2D eigenvalue weighted by Gasteiger charge is -2.17. The van der Waals surface area contributed by atoms with Crippen molar-refractivity contribution in [2.75, 3.05) is 12.5 Å². The van der Waals surface area contributed by atoms with E-state index in [2.05, 4.69) is 8.37 Å². The molecule has 0 aliphatic carbocycles. The van der Waals surface area contributed by atoms with Crippen LogP contribution >= 0.6 is 0 Å². The van der Waals surface area contributed by atoms with Crippen LogP contribution in [0.2, 0.25) is 0 Å². The van der Waals surface area contributed by atoms with E-state index in [1.54, 1.807) is 0 Å². The lowest BCUT2D eigenvalue weighted by atomic mass is 9.89. The van der Waals surface area contributed by atoms with Crippen LogP contribution in [0.3, 0.4) is 0 Å². The van der Waals surface area contributed by atoms with Crippen molar-refractivity contribution >= 4 is 20.2 Å². The van der Waals surface area contributed by atoms with E-state index in [0.29, 0.717) is 17.5 Å². The number of hydrogen-bond acceptors (Lipinski definition) is 6. The molecule has 0 fully saturated rings. The van der Waals surface area contributed by atoms with Crippen molar-refractivity contribution in [1.29, 1.82) is 0 Å². The van der Waals surface area contributed by atoms with Crippen molar-refractivity contribution in [2.24, 2.45) is 0 Å². The molecule has 0 amide bonds. The first-order valence-electron chi connectivity index (χ1n) is 7.77. The summed E-state index contributed by atoms with van der Waals surface area (Å²) in [5, 5.41) is 0. The molecule has 27 heavy (non-hydrogen) atoms. The minimum absolute atomic E-state index is 0.409. The Morgan fingerprint density at radius 2 is 1.19 bits per heavy atom. The van der Waals surface area contributed by atoms with Gasteiger partial charge in [0.05, 0.1) is 12.5 Å². The monoisotopic (exact) mass is 420 g/mol. The molecule has 148 valence electrons. The quantitative estimate of drug-likeness (QED) is 0.640. The molecule has 10 heteroatoms. The molecule has 0 unspecified atom stereocenters. The highest BCUT2D eigenvalue weighted by Crippen LogP contribution is 2.33. The van der Waals surface area contributed by atoms with Gasteiger partial charge in [0.15, 0.2) is 23.1 Å². The van der Waals surface area contributed by atoms with Crippen LogP contribution in [0.4, 0.5) is 8.78 Å². The van der Waals surface area contributed by atoms with Crippen LogP contribution in [0.1, 0.15) is 30.4 Å². The Kier molecular flexibility index (Phi) is 6.10. The van der Waals surface area contributed by atoms with Gasteiger partial charge in [0, 0.05) is 5.92 Å². The predicted octanol–water partition coefficient (Wildman–Crippen LogP) is 3.18. The minimum Gasteiger partial charge on any atom is -0.379 e. The maximum Gasteiger partial charge on any atom is 0.306 e. The fourth-order valence-electron chi connectivity index (χ4n) is 2.59. The molecule has 0 saturated carbocycles. The smallest absolute Gasteiger partial charge is 0.306 e. The molecule has 0 radical (unpaired) electrons. The SMILES string of the molecule is CCC(c1ccc(OS(C)(=O)=O)c(F)c1)c1ccc(OS(C)(=O)=O)c(F)c1. The van der Waals surface area contributed by atoms with Gasteiger partial charge in [0.2, 0.25) is 0 Å². The fourth-order valence-corrected chi connectivity index (χ4v) is 3.52. The van der Waals surface area contributed by atoms with Crippen molar-refractivity contribution in [3.63, 3.8) is 0 Å². The standard InChI is InChI=1S/C17H18F2O6S2/c1-4-13(11-5-7-16(14(18)9-11)24-26(2,20)21)12-6-8-17(15(19)10-12)25-27(3,22)23/h5-10,13H,4H2,1-3H3. The molecular formula is C17H18F2O6S2. The van der Waals surface area contributed by atoms with Crippen molar-refractivity contribution < 1.29 is 34.0 Å². The average Bonchev–Trinajstić information content (AvgIpc) is 2.51. The lowest BCUT2D eigenvalue weighted by molar-refractivity contribution is 0.466. The first kappa shape index (κ1) is 21.1. The molecule has 0 spiro atoms. The Labute approximate surface area is 157 Å². The molecule has 6 nitrogen and oxygen atoms in total. The van der Waals surface area contributed by atoms with Gasteiger partial charge in [-0.05, 0) is 41.8 Å². The summed E-state index contributed by atoms with van der Waals surface area (Å²) < 4.78 is 82.0. The van der Waals surface area contributed by atoms with Crippen molar-refractivity contribution in [3.8, 4) is 11.5 Å². The molecule has 0 N–H and O–H groups in total. The summed E-state index contributed by atoms with van der Waals surface area (Å²) in [6.07, 6.45) is 2.09. The summed E-state index contributed by atoms with van der Waals surface area (Å²) in [7, 11) is -7.74. The summed E-state index contributed by atoms with van der Waals surface area (Å²) in [6, 6.07) is 7.58. The molecule has 0 bridgehead atoms. The Balaban J connectivity index is 2.37. The number of hydrogen-bond donors (Lipinski definition) is 0. The van der Waals surface area contributed by atoms with E-state index in [-0.39, 0.29) is 0 Å². The number of rotatable bonds is 7. The van der Waals surface area contributed by atoms with E-state index in [1.807, 2.05) is 6.92 Å². The normalized spacial score (nSPS) is 12.2. The molecule has 0 aliphatic rings. The first-order valence-corrected chi connectivity index (χ1v) is 11.4. The van der Waals surface area contributed by atoms with E-state index in [1.165, 1.54) is 24.3 Å². The Hall–Kier alpha value is -2.20. The van der Waals surface area contributed by atoms with E-state index in [0.717, 1.165) is 24.6 Å². The fraction of sp³-hybridized carbons (Fsp3) is 0.294. The van der Waals surface area contributed by atoms with Crippen LogP contribution in [0.15, 0.2) is 36.4 Å². The van der Waals surface area contributed by atoms with E-state index in [4.69, 9.17) is 0 Å². The first-order chi connectivity index (χ1) is 12.4. The van der Waals surface area contributed by atoms with Gasteiger partial charge in [0.25, 0.3) is 0 Å². The van der Waals surface area contributed by atoms with Gasteiger partial charge in [0.1, 0.15) is 0 Å². The molecule has 0 aromatic heterocycles. The van der Waals surface area contributed by atoms with Gasteiger partial charge in [-0.1, -0.05) is 19.1 Å². The second kappa shape index (κ2) is 7.81. The van der Waals surface area contributed by atoms with Gasteiger partial charge in [-0.25, -0.2) is 8.78 Å². The van der Waals surface area contributed by atoms with Gasteiger partial charge >= 0.3 is 20.2 Å². The van der Waals surface area contributed by atoms with E-state index in [9.17, 15) is 25.6 Å². The van der Waals surface area contributed by atoms with Crippen LogP contribution < -0.4 is 8.37 Å². The van der Waals surface area contributed by atoms with Gasteiger partial charge in [-0.3, -0.25) is 0 Å².